The Labute approximate surface area is 76.8 Å². The van der Waals surface area contributed by atoms with E-state index in [0.29, 0.717) is 0 Å². The third kappa shape index (κ3) is 7.42. The van der Waals surface area contributed by atoms with Gasteiger partial charge >= 0.3 is 0 Å². The Morgan fingerprint density at radius 3 is 2.46 bits per heavy atom. The molecule has 13 heavy (non-hydrogen) atoms. The molecule has 5 heteroatoms. The van der Waals surface area contributed by atoms with Crippen LogP contribution in [0.3, 0.4) is 0 Å². The van der Waals surface area contributed by atoms with Crippen molar-refractivity contribution in [3.05, 3.63) is 0 Å². The first-order valence-electron chi connectivity index (χ1n) is 4.11. The summed E-state index contributed by atoms with van der Waals surface area (Å²) in [5, 5.41) is 19.7. The number of ketones is 1. The average Bonchev–Trinajstić information content (AvgIpc) is 2.10. The minimum absolute atomic E-state index is 0.0211. The van der Waals surface area contributed by atoms with Crippen LogP contribution in [0.2, 0.25) is 0 Å². The van der Waals surface area contributed by atoms with E-state index in [1.54, 1.807) is 0 Å². The predicted molar refractivity (Wildman–Crippen MR) is 46.0 cm³/mol. The van der Waals surface area contributed by atoms with E-state index < -0.39 is 6.10 Å². The maximum absolute atomic E-state index is 10.9. The fourth-order valence-electron chi connectivity index (χ4n) is 0.674. The van der Waals surface area contributed by atoms with Gasteiger partial charge in [0.15, 0.2) is 0 Å². The van der Waals surface area contributed by atoms with Crippen molar-refractivity contribution in [1.82, 2.24) is 5.32 Å². The summed E-state index contributed by atoms with van der Waals surface area (Å²) < 4.78 is 0. The first-order chi connectivity index (χ1) is 6.06. The molecule has 0 saturated carbocycles. The molecule has 0 aromatic carbocycles. The lowest BCUT2D eigenvalue weighted by Crippen LogP contribution is -2.33. The molecule has 1 atom stereocenters. The number of aliphatic hydroxyl groups is 2. The summed E-state index contributed by atoms with van der Waals surface area (Å²) in [7, 11) is 0. The van der Waals surface area contributed by atoms with Gasteiger partial charge in [0, 0.05) is 19.4 Å². The molecule has 0 aromatic heterocycles. The summed E-state index contributed by atoms with van der Waals surface area (Å²) in [6.45, 7) is 1.05. The monoisotopic (exact) mass is 189 g/mol. The summed E-state index contributed by atoms with van der Waals surface area (Å²) in [5.74, 6) is -0.333. The van der Waals surface area contributed by atoms with Crippen LogP contribution in [-0.2, 0) is 9.59 Å². The SMILES string of the molecule is CC(=O)CCC(=O)NCC(O)CO. The number of nitrogens with one attached hydrogen (secondary N) is 1. The predicted octanol–water partition coefficient (Wildman–Crippen LogP) is -1.18. The van der Waals surface area contributed by atoms with Crippen molar-refractivity contribution in [2.75, 3.05) is 13.2 Å². The molecular formula is C8H15NO4. The van der Waals surface area contributed by atoms with Crippen molar-refractivity contribution in [2.45, 2.75) is 25.9 Å². The minimum atomic E-state index is -0.929. The molecule has 0 saturated heterocycles. The van der Waals surface area contributed by atoms with Gasteiger partial charge in [-0.05, 0) is 6.92 Å². The van der Waals surface area contributed by atoms with Crippen LogP contribution in [0.15, 0.2) is 0 Å². The van der Waals surface area contributed by atoms with Crippen LogP contribution in [0, 0.1) is 0 Å². The zero-order chi connectivity index (χ0) is 10.3. The van der Waals surface area contributed by atoms with Crippen molar-refractivity contribution in [3.63, 3.8) is 0 Å². The van der Waals surface area contributed by atoms with Gasteiger partial charge in [0.1, 0.15) is 5.78 Å². The Morgan fingerprint density at radius 2 is 2.00 bits per heavy atom. The van der Waals surface area contributed by atoms with Gasteiger partial charge in [-0.25, -0.2) is 0 Å². The van der Waals surface area contributed by atoms with Crippen LogP contribution in [-0.4, -0.2) is 41.2 Å². The van der Waals surface area contributed by atoms with Gasteiger partial charge in [-0.3, -0.25) is 4.79 Å². The number of carbonyl (C=O) groups is 2. The third-order valence-corrected chi connectivity index (χ3v) is 1.45. The van der Waals surface area contributed by atoms with E-state index in [2.05, 4.69) is 5.32 Å². The fraction of sp³-hybridized carbons (Fsp3) is 0.750. The van der Waals surface area contributed by atoms with Crippen molar-refractivity contribution in [3.8, 4) is 0 Å². The van der Waals surface area contributed by atoms with Crippen LogP contribution >= 0.6 is 0 Å². The molecule has 0 aliphatic rings. The first kappa shape index (κ1) is 12.1. The number of aliphatic hydroxyl groups excluding tert-OH is 2. The number of rotatable bonds is 6. The van der Waals surface area contributed by atoms with Crippen LogP contribution in [0.1, 0.15) is 19.8 Å². The standard InChI is InChI=1S/C8H15NO4/c1-6(11)2-3-8(13)9-4-7(12)5-10/h7,10,12H,2-5H2,1H3,(H,9,13). The molecule has 1 amide bonds. The second-order valence-electron chi connectivity index (χ2n) is 2.84. The second kappa shape index (κ2) is 6.56. The van der Waals surface area contributed by atoms with E-state index in [9.17, 15) is 9.59 Å². The lowest BCUT2D eigenvalue weighted by molar-refractivity contribution is -0.125. The molecule has 5 nitrogen and oxygen atoms in total. The summed E-state index contributed by atoms with van der Waals surface area (Å²) in [6, 6.07) is 0. The van der Waals surface area contributed by atoms with Crippen LogP contribution in [0.25, 0.3) is 0 Å². The summed E-state index contributed by atoms with van der Waals surface area (Å²) in [4.78, 5) is 21.4. The van der Waals surface area contributed by atoms with Gasteiger partial charge in [0.05, 0.1) is 12.7 Å². The molecule has 76 valence electrons. The van der Waals surface area contributed by atoms with E-state index >= 15 is 0 Å². The zero-order valence-corrected chi connectivity index (χ0v) is 7.62. The number of carbonyl (C=O) groups excluding carboxylic acids is 2. The molecule has 1 unspecified atom stereocenters. The van der Waals surface area contributed by atoms with Crippen LogP contribution < -0.4 is 5.32 Å². The van der Waals surface area contributed by atoms with Crippen molar-refractivity contribution < 1.29 is 19.8 Å². The number of amides is 1. The normalized spacial score (nSPS) is 12.2. The lowest BCUT2D eigenvalue weighted by Gasteiger charge is -2.07. The first-order valence-corrected chi connectivity index (χ1v) is 4.11. The molecule has 0 spiro atoms. The summed E-state index contributed by atoms with van der Waals surface area (Å²) in [6.07, 6.45) is -0.588. The van der Waals surface area contributed by atoms with E-state index in [1.165, 1.54) is 6.92 Å². The van der Waals surface area contributed by atoms with Crippen molar-refractivity contribution in [1.29, 1.82) is 0 Å². The molecular weight excluding hydrogens is 174 g/mol. The highest BCUT2D eigenvalue weighted by molar-refractivity contribution is 5.83. The summed E-state index contributed by atoms with van der Waals surface area (Å²) in [5.41, 5.74) is 0. The van der Waals surface area contributed by atoms with E-state index in [-0.39, 0.29) is 37.7 Å². The van der Waals surface area contributed by atoms with Gasteiger partial charge in [-0.15, -0.1) is 0 Å². The van der Waals surface area contributed by atoms with Gasteiger partial charge in [0.2, 0.25) is 5.91 Å². The Kier molecular flexibility index (Phi) is 6.09. The van der Waals surface area contributed by atoms with Gasteiger partial charge in [-0.1, -0.05) is 0 Å². The molecule has 0 fully saturated rings. The largest absolute Gasteiger partial charge is 0.394 e. The number of Topliss-reactive ketones (excluding diaryl/α,β-unsaturated/α-hetero) is 1. The lowest BCUT2D eigenvalue weighted by atomic mass is 10.2. The molecule has 0 rings (SSSR count). The van der Waals surface area contributed by atoms with Gasteiger partial charge in [-0.2, -0.15) is 0 Å². The third-order valence-electron chi connectivity index (χ3n) is 1.45. The van der Waals surface area contributed by atoms with Crippen molar-refractivity contribution >= 4 is 11.7 Å². The average molecular weight is 189 g/mol. The Morgan fingerprint density at radius 1 is 1.38 bits per heavy atom. The highest BCUT2D eigenvalue weighted by Crippen LogP contribution is 1.90. The molecule has 3 N–H and O–H groups in total. The Bertz CT molecular complexity index is 181. The van der Waals surface area contributed by atoms with E-state index in [4.69, 9.17) is 10.2 Å². The maximum Gasteiger partial charge on any atom is 0.220 e. The minimum Gasteiger partial charge on any atom is -0.394 e. The highest BCUT2D eigenvalue weighted by Gasteiger charge is 2.06. The molecule has 0 aliphatic carbocycles. The fourth-order valence-corrected chi connectivity index (χ4v) is 0.674. The Balaban J connectivity index is 3.46. The number of hydrogen-bond donors (Lipinski definition) is 3. The molecule has 0 aliphatic heterocycles. The maximum atomic E-state index is 10.9. The van der Waals surface area contributed by atoms with E-state index in [0.717, 1.165) is 0 Å². The molecule has 0 radical (unpaired) electrons. The summed E-state index contributed by atoms with van der Waals surface area (Å²) >= 11 is 0. The topological polar surface area (TPSA) is 86.6 Å². The molecule has 0 heterocycles. The smallest absolute Gasteiger partial charge is 0.220 e. The van der Waals surface area contributed by atoms with E-state index in [1.807, 2.05) is 0 Å². The van der Waals surface area contributed by atoms with Crippen LogP contribution in [0.5, 0.6) is 0 Å². The van der Waals surface area contributed by atoms with Crippen LogP contribution in [0.4, 0.5) is 0 Å². The van der Waals surface area contributed by atoms with Crippen molar-refractivity contribution in [2.24, 2.45) is 0 Å². The molecule has 0 aromatic rings. The van der Waals surface area contributed by atoms with Gasteiger partial charge in [0.25, 0.3) is 0 Å². The van der Waals surface area contributed by atoms with Gasteiger partial charge < -0.3 is 20.3 Å². The Hall–Kier alpha value is -0.940. The highest BCUT2D eigenvalue weighted by atomic mass is 16.3. The molecule has 0 bridgehead atoms. The zero-order valence-electron chi connectivity index (χ0n) is 7.62. The quantitative estimate of drug-likeness (QED) is 0.491. The second-order valence-corrected chi connectivity index (χ2v) is 2.84. The number of hydrogen-bond acceptors (Lipinski definition) is 4.